The summed E-state index contributed by atoms with van der Waals surface area (Å²) in [6.45, 7) is 8.38. The second-order valence-electron chi connectivity index (χ2n) is 7.96. The molecule has 0 radical (unpaired) electrons. The maximum atomic E-state index is 3.93. The average Bonchev–Trinajstić information content (AvgIpc) is 2.26. The molecular weight excluding hydrogens is 218 g/mol. The first-order chi connectivity index (χ1) is 8.63. The summed E-state index contributed by atoms with van der Waals surface area (Å²) >= 11 is 0. The van der Waals surface area contributed by atoms with Crippen molar-refractivity contribution in [3.8, 4) is 0 Å². The molecule has 4 aliphatic carbocycles. The molecule has 0 saturated heterocycles. The van der Waals surface area contributed by atoms with Gasteiger partial charge in [-0.15, -0.1) is 0 Å². The van der Waals surface area contributed by atoms with Gasteiger partial charge in [-0.2, -0.15) is 0 Å². The Labute approximate surface area is 113 Å². The Kier molecular flexibility index (Phi) is 3.47. The van der Waals surface area contributed by atoms with Gasteiger partial charge in [-0.1, -0.05) is 20.8 Å². The highest BCUT2D eigenvalue weighted by atomic mass is 14.9. The summed E-state index contributed by atoms with van der Waals surface area (Å²) in [5, 5.41) is 3.93. The summed E-state index contributed by atoms with van der Waals surface area (Å²) in [5.41, 5.74) is 0.679. The van der Waals surface area contributed by atoms with Crippen molar-refractivity contribution in [3.63, 3.8) is 0 Å². The minimum atomic E-state index is 0.679. The van der Waals surface area contributed by atoms with Gasteiger partial charge in [0.2, 0.25) is 0 Å². The molecule has 1 nitrogen and oxygen atoms in total. The molecule has 0 aromatic carbocycles. The van der Waals surface area contributed by atoms with E-state index >= 15 is 0 Å². The van der Waals surface area contributed by atoms with Crippen molar-refractivity contribution in [2.75, 3.05) is 6.54 Å². The zero-order valence-electron chi connectivity index (χ0n) is 12.5. The van der Waals surface area contributed by atoms with Gasteiger partial charge in [-0.3, -0.25) is 0 Å². The summed E-state index contributed by atoms with van der Waals surface area (Å²) in [6.07, 6.45) is 10.6. The van der Waals surface area contributed by atoms with E-state index in [-0.39, 0.29) is 0 Å². The Bertz CT molecular complexity index is 259. The zero-order chi connectivity index (χ0) is 12.8. The predicted octanol–water partition coefficient (Wildman–Crippen LogP) is 4.23. The van der Waals surface area contributed by atoms with Crippen molar-refractivity contribution in [1.29, 1.82) is 0 Å². The van der Waals surface area contributed by atoms with Gasteiger partial charge in [-0.25, -0.2) is 0 Å². The third-order valence-corrected chi connectivity index (χ3v) is 6.03. The van der Waals surface area contributed by atoms with E-state index in [0.29, 0.717) is 5.41 Å². The lowest BCUT2D eigenvalue weighted by Crippen LogP contribution is -2.57. The van der Waals surface area contributed by atoms with Crippen molar-refractivity contribution in [3.05, 3.63) is 0 Å². The molecule has 1 N–H and O–H groups in total. The van der Waals surface area contributed by atoms with E-state index in [2.05, 4.69) is 26.1 Å². The third-order valence-electron chi connectivity index (χ3n) is 6.03. The van der Waals surface area contributed by atoms with Crippen molar-refractivity contribution in [1.82, 2.24) is 5.32 Å². The summed E-state index contributed by atoms with van der Waals surface area (Å²) in [5.74, 6) is 4.05. The highest BCUT2D eigenvalue weighted by molar-refractivity contribution is 5.06. The van der Waals surface area contributed by atoms with Gasteiger partial charge < -0.3 is 5.32 Å². The Hall–Kier alpha value is -0.0400. The third kappa shape index (κ3) is 2.13. The largest absolute Gasteiger partial charge is 0.313 e. The second-order valence-corrected chi connectivity index (χ2v) is 7.96. The first kappa shape index (κ1) is 13.0. The number of hydrogen-bond donors (Lipinski definition) is 1. The standard InChI is InChI=1S/C17H31N/c1-4-5-18-16(12(2)3)17-9-13-6-14(10-17)8-15(7-13)11-17/h12-16,18H,4-11H2,1-3H3. The molecule has 1 heteroatoms. The molecule has 1 unspecified atom stereocenters. The smallest absolute Gasteiger partial charge is 0.0147 e. The van der Waals surface area contributed by atoms with Crippen LogP contribution in [-0.4, -0.2) is 12.6 Å². The van der Waals surface area contributed by atoms with Crippen molar-refractivity contribution >= 4 is 0 Å². The lowest BCUT2D eigenvalue weighted by Gasteiger charge is -2.60. The molecule has 0 aliphatic heterocycles. The normalized spacial score (nSPS) is 43.7. The molecule has 4 saturated carbocycles. The highest BCUT2D eigenvalue weighted by Crippen LogP contribution is 2.61. The summed E-state index contributed by atoms with van der Waals surface area (Å²) < 4.78 is 0. The Morgan fingerprint density at radius 1 is 1.00 bits per heavy atom. The van der Waals surface area contributed by atoms with E-state index in [1.807, 2.05) is 0 Å². The van der Waals surface area contributed by atoms with Crippen LogP contribution in [0.1, 0.15) is 65.7 Å². The molecule has 0 heterocycles. The molecule has 4 fully saturated rings. The summed E-state index contributed by atoms with van der Waals surface area (Å²) in [7, 11) is 0. The lowest BCUT2D eigenvalue weighted by atomic mass is 9.47. The molecular formula is C17H31N. The Morgan fingerprint density at radius 2 is 1.50 bits per heavy atom. The minimum Gasteiger partial charge on any atom is -0.313 e. The van der Waals surface area contributed by atoms with Crippen LogP contribution in [0.4, 0.5) is 0 Å². The van der Waals surface area contributed by atoms with Crippen LogP contribution in [0, 0.1) is 29.1 Å². The maximum absolute atomic E-state index is 3.93. The van der Waals surface area contributed by atoms with Crippen molar-refractivity contribution in [2.24, 2.45) is 29.1 Å². The average molecular weight is 249 g/mol. The fraction of sp³-hybridized carbons (Fsp3) is 1.00. The van der Waals surface area contributed by atoms with Crippen LogP contribution in [0.5, 0.6) is 0 Å². The molecule has 104 valence electrons. The van der Waals surface area contributed by atoms with Crippen LogP contribution in [0.15, 0.2) is 0 Å². The van der Waals surface area contributed by atoms with Gasteiger partial charge in [0.25, 0.3) is 0 Å². The lowest BCUT2D eigenvalue weighted by molar-refractivity contribution is -0.0821. The molecule has 0 spiro atoms. The molecule has 18 heavy (non-hydrogen) atoms. The Balaban J connectivity index is 1.79. The fourth-order valence-corrected chi connectivity index (χ4v) is 6.02. The molecule has 1 atom stereocenters. The van der Waals surface area contributed by atoms with Crippen molar-refractivity contribution < 1.29 is 0 Å². The summed E-state index contributed by atoms with van der Waals surface area (Å²) in [4.78, 5) is 0. The molecule has 0 aromatic heterocycles. The van der Waals surface area contributed by atoms with E-state index in [9.17, 15) is 0 Å². The summed E-state index contributed by atoms with van der Waals surface area (Å²) in [6, 6.07) is 0.783. The van der Waals surface area contributed by atoms with E-state index in [1.54, 1.807) is 38.5 Å². The molecule has 4 bridgehead atoms. The van der Waals surface area contributed by atoms with Crippen LogP contribution in [0.25, 0.3) is 0 Å². The van der Waals surface area contributed by atoms with Gasteiger partial charge in [0.05, 0.1) is 0 Å². The monoisotopic (exact) mass is 249 g/mol. The zero-order valence-corrected chi connectivity index (χ0v) is 12.5. The number of hydrogen-bond acceptors (Lipinski definition) is 1. The first-order valence-corrected chi connectivity index (χ1v) is 8.36. The molecule has 0 amide bonds. The van der Waals surface area contributed by atoms with E-state index in [0.717, 1.165) is 29.7 Å². The molecule has 4 rings (SSSR count). The fourth-order valence-electron chi connectivity index (χ4n) is 6.02. The maximum Gasteiger partial charge on any atom is 0.0147 e. The first-order valence-electron chi connectivity index (χ1n) is 8.36. The topological polar surface area (TPSA) is 12.0 Å². The quantitative estimate of drug-likeness (QED) is 0.769. The predicted molar refractivity (Wildman–Crippen MR) is 77.5 cm³/mol. The highest BCUT2D eigenvalue weighted by Gasteiger charge is 2.54. The van der Waals surface area contributed by atoms with E-state index in [4.69, 9.17) is 0 Å². The van der Waals surface area contributed by atoms with Crippen molar-refractivity contribution in [2.45, 2.75) is 71.8 Å². The van der Waals surface area contributed by atoms with Crippen LogP contribution in [0.3, 0.4) is 0 Å². The van der Waals surface area contributed by atoms with Crippen LogP contribution < -0.4 is 5.32 Å². The second kappa shape index (κ2) is 4.81. The van der Waals surface area contributed by atoms with Gasteiger partial charge in [0, 0.05) is 6.04 Å². The molecule has 0 aromatic rings. The van der Waals surface area contributed by atoms with Crippen LogP contribution in [-0.2, 0) is 0 Å². The minimum absolute atomic E-state index is 0.679. The van der Waals surface area contributed by atoms with Crippen LogP contribution in [0.2, 0.25) is 0 Å². The number of nitrogens with one attached hydrogen (secondary N) is 1. The van der Waals surface area contributed by atoms with Gasteiger partial charge in [0.1, 0.15) is 0 Å². The number of rotatable bonds is 5. The SMILES string of the molecule is CCCNC(C(C)C)C12CC3CC(CC(C3)C1)C2. The van der Waals surface area contributed by atoms with E-state index < -0.39 is 0 Å². The van der Waals surface area contributed by atoms with Gasteiger partial charge >= 0.3 is 0 Å². The van der Waals surface area contributed by atoms with Gasteiger partial charge in [-0.05, 0) is 80.6 Å². The van der Waals surface area contributed by atoms with E-state index in [1.165, 1.54) is 13.0 Å². The molecule has 4 aliphatic rings. The van der Waals surface area contributed by atoms with Gasteiger partial charge in [0.15, 0.2) is 0 Å². The Morgan fingerprint density at radius 3 is 1.89 bits per heavy atom. The van der Waals surface area contributed by atoms with Crippen LogP contribution >= 0.6 is 0 Å².